The molecule has 6 heteroatoms. The molecular weight excluding hydrogens is 475 g/mol. The maximum absolute atomic E-state index is 13.2. The molecule has 3 aromatic rings. The highest BCUT2D eigenvalue weighted by Crippen LogP contribution is 2.28. The first-order valence-corrected chi connectivity index (χ1v) is 14.2. The summed E-state index contributed by atoms with van der Waals surface area (Å²) in [7, 11) is 4.77. The maximum Gasteiger partial charge on any atom is 0.274 e. The Labute approximate surface area is 223 Å². The van der Waals surface area contributed by atoms with Crippen molar-refractivity contribution in [2.75, 3.05) is 23.3 Å². The van der Waals surface area contributed by atoms with Crippen LogP contribution in [0.25, 0.3) is 16.5 Å². The number of benzene rings is 1. The van der Waals surface area contributed by atoms with Crippen LogP contribution in [0.4, 0.5) is 17.2 Å². The van der Waals surface area contributed by atoms with E-state index in [1.807, 2.05) is 25.4 Å². The van der Waals surface area contributed by atoms with E-state index in [2.05, 4.69) is 82.5 Å². The van der Waals surface area contributed by atoms with Gasteiger partial charge in [-0.15, -0.1) is 9.24 Å². The van der Waals surface area contributed by atoms with E-state index in [-0.39, 0.29) is 5.56 Å². The summed E-state index contributed by atoms with van der Waals surface area (Å²) in [6.07, 6.45) is 12.4. The minimum atomic E-state index is -0.0660. The number of allylic oxidation sites excluding steroid dienone is 4. The van der Waals surface area contributed by atoms with Crippen molar-refractivity contribution in [3.63, 3.8) is 0 Å². The van der Waals surface area contributed by atoms with E-state index in [0.29, 0.717) is 17.4 Å². The lowest BCUT2D eigenvalue weighted by atomic mass is 9.95. The molecule has 2 aromatic heterocycles. The van der Waals surface area contributed by atoms with Gasteiger partial charge in [0.1, 0.15) is 11.5 Å². The smallest absolute Gasteiger partial charge is 0.274 e. The Morgan fingerprint density at radius 2 is 1.92 bits per heavy atom. The molecule has 0 amide bonds. The molecule has 1 fully saturated rings. The summed E-state index contributed by atoms with van der Waals surface area (Å²) in [5, 5.41) is 5.43. The van der Waals surface area contributed by atoms with Gasteiger partial charge in [0.25, 0.3) is 5.56 Å². The van der Waals surface area contributed by atoms with Crippen molar-refractivity contribution in [1.82, 2.24) is 9.55 Å². The molecule has 4 rings (SSSR count). The molecule has 2 unspecified atom stereocenters. The minimum absolute atomic E-state index is 0.0660. The average Bonchev–Trinajstić information content (AvgIpc) is 2.93. The van der Waals surface area contributed by atoms with Crippen LogP contribution in [-0.2, 0) is 7.05 Å². The molecule has 1 aliphatic heterocycles. The molecule has 5 nitrogen and oxygen atoms in total. The quantitative estimate of drug-likeness (QED) is 0.260. The maximum atomic E-state index is 13.2. The molecule has 2 atom stereocenters. The van der Waals surface area contributed by atoms with Gasteiger partial charge in [-0.25, -0.2) is 4.98 Å². The van der Waals surface area contributed by atoms with Crippen molar-refractivity contribution in [3.05, 3.63) is 70.2 Å². The lowest BCUT2D eigenvalue weighted by Crippen LogP contribution is -2.29. The molecule has 1 aromatic carbocycles. The summed E-state index contributed by atoms with van der Waals surface area (Å²) in [6.45, 7) is 11.0. The zero-order valence-corrected chi connectivity index (χ0v) is 24.1. The van der Waals surface area contributed by atoms with Crippen LogP contribution in [0.1, 0.15) is 65.4 Å². The van der Waals surface area contributed by atoms with E-state index >= 15 is 0 Å². The van der Waals surface area contributed by atoms with E-state index in [1.165, 1.54) is 36.0 Å². The van der Waals surface area contributed by atoms with Gasteiger partial charge in [-0.3, -0.25) is 4.79 Å². The first kappa shape index (κ1) is 27.1. The Morgan fingerprint density at radius 3 is 2.57 bits per heavy atom. The SMILES string of the molecule is CC/C(C)=C(/C=C\C(C)CC)c1ccc2c(cc(Nc3ccc(N4CCCCC4)cn3)c(=O)n2C)c1P. The third-order valence-corrected chi connectivity index (χ3v) is 8.32. The topological polar surface area (TPSA) is 50.2 Å². The number of anilines is 3. The molecule has 37 heavy (non-hydrogen) atoms. The number of rotatable bonds is 8. The van der Waals surface area contributed by atoms with Crippen LogP contribution in [-0.4, -0.2) is 22.6 Å². The van der Waals surface area contributed by atoms with E-state index in [1.54, 1.807) is 4.57 Å². The van der Waals surface area contributed by atoms with Crippen molar-refractivity contribution >= 4 is 48.2 Å². The van der Waals surface area contributed by atoms with Gasteiger partial charge in [0, 0.05) is 25.5 Å². The number of pyridine rings is 2. The van der Waals surface area contributed by atoms with Gasteiger partial charge in [-0.2, -0.15) is 0 Å². The predicted molar refractivity (Wildman–Crippen MR) is 164 cm³/mol. The van der Waals surface area contributed by atoms with Crippen molar-refractivity contribution < 1.29 is 0 Å². The van der Waals surface area contributed by atoms with Crippen LogP contribution >= 0.6 is 9.24 Å². The Morgan fingerprint density at radius 1 is 1.16 bits per heavy atom. The number of hydrogen-bond acceptors (Lipinski definition) is 4. The first-order chi connectivity index (χ1) is 17.8. The molecular formula is C31H41N4OP. The van der Waals surface area contributed by atoms with Gasteiger partial charge in [0.2, 0.25) is 0 Å². The second kappa shape index (κ2) is 12.1. The highest BCUT2D eigenvalue weighted by atomic mass is 31.0. The van der Waals surface area contributed by atoms with Gasteiger partial charge in [-0.1, -0.05) is 51.0 Å². The Kier molecular flexibility index (Phi) is 8.87. The Balaban J connectivity index is 1.72. The summed E-state index contributed by atoms with van der Waals surface area (Å²) in [6, 6.07) is 10.2. The number of aromatic nitrogens is 2. The normalized spacial score (nSPS) is 15.8. The second-order valence-corrected chi connectivity index (χ2v) is 10.8. The predicted octanol–water partition coefficient (Wildman–Crippen LogP) is 6.95. The molecule has 1 N–H and O–H groups in total. The summed E-state index contributed by atoms with van der Waals surface area (Å²) in [4.78, 5) is 20.2. The number of aryl methyl sites for hydroxylation is 1. The van der Waals surface area contributed by atoms with E-state index < -0.39 is 0 Å². The van der Waals surface area contributed by atoms with Crippen LogP contribution in [0.15, 0.2) is 59.0 Å². The highest BCUT2D eigenvalue weighted by molar-refractivity contribution is 7.28. The number of hydrogen-bond donors (Lipinski definition) is 1. The fourth-order valence-corrected chi connectivity index (χ4v) is 5.36. The summed E-state index contributed by atoms with van der Waals surface area (Å²) >= 11 is 0. The van der Waals surface area contributed by atoms with Gasteiger partial charge in [0.15, 0.2) is 0 Å². The fraction of sp³-hybridized carbons (Fsp3) is 0.419. The van der Waals surface area contributed by atoms with Gasteiger partial charge < -0.3 is 14.8 Å². The third-order valence-electron chi connectivity index (χ3n) is 7.70. The Bertz CT molecular complexity index is 1360. The fourth-order valence-electron chi connectivity index (χ4n) is 4.88. The van der Waals surface area contributed by atoms with Crippen LogP contribution < -0.4 is 21.1 Å². The molecule has 196 valence electrons. The number of nitrogens with zero attached hydrogens (tertiary/aromatic N) is 3. The first-order valence-electron chi connectivity index (χ1n) is 13.6. The molecule has 0 saturated carbocycles. The zero-order chi connectivity index (χ0) is 26.5. The number of nitrogens with one attached hydrogen (secondary N) is 1. The van der Waals surface area contributed by atoms with Gasteiger partial charge >= 0.3 is 0 Å². The second-order valence-electron chi connectivity index (χ2n) is 10.2. The lowest BCUT2D eigenvalue weighted by molar-refractivity contribution is 0.577. The molecule has 0 spiro atoms. The summed E-state index contributed by atoms with van der Waals surface area (Å²) in [5.74, 6) is 1.20. The van der Waals surface area contributed by atoms with Crippen LogP contribution in [0.2, 0.25) is 0 Å². The van der Waals surface area contributed by atoms with Crippen LogP contribution in [0.5, 0.6) is 0 Å². The molecule has 1 aliphatic rings. The van der Waals surface area contributed by atoms with E-state index in [0.717, 1.165) is 47.8 Å². The van der Waals surface area contributed by atoms with Crippen LogP contribution in [0.3, 0.4) is 0 Å². The van der Waals surface area contributed by atoms with Gasteiger partial charge in [-0.05, 0) is 79.2 Å². The minimum Gasteiger partial charge on any atom is -0.370 e. The van der Waals surface area contributed by atoms with E-state index in [9.17, 15) is 4.79 Å². The van der Waals surface area contributed by atoms with Crippen molar-refractivity contribution in [2.45, 2.75) is 59.8 Å². The monoisotopic (exact) mass is 516 g/mol. The molecule has 0 radical (unpaired) electrons. The summed E-state index contributed by atoms with van der Waals surface area (Å²) in [5.41, 5.74) is 6.31. The van der Waals surface area contributed by atoms with Crippen LogP contribution in [0, 0.1) is 5.92 Å². The van der Waals surface area contributed by atoms with Crippen molar-refractivity contribution in [3.8, 4) is 0 Å². The van der Waals surface area contributed by atoms with Gasteiger partial charge in [0.05, 0.1) is 17.4 Å². The zero-order valence-electron chi connectivity index (χ0n) is 23.0. The highest BCUT2D eigenvalue weighted by Gasteiger charge is 2.15. The van der Waals surface area contributed by atoms with Crippen molar-refractivity contribution in [1.29, 1.82) is 0 Å². The lowest BCUT2D eigenvalue weighted by Gasteiger charge is -2.28. The Hall–Kier alpha value is -2.91. The standard InChI is InChI=1S/C31H41N4OP/c1-6-21(3)11-13-24(22(4)7-2)25-14-15-28-26(30(25)37)19-27(31(36)34(28)5)33-29-16-12-23(20-32-29)35-17-9-8-10-18-35/h11-16,19-21H,6-10,17-18,37H2,1-5H3,(H,32,33)/b13-11-,24-22-. The molecule has 1 saturated heterocycles. The average molecular weight is 517 g/mol. The van der Waals surface area contributed by atoms with E-state index in [4.69, 9.17) is 0 Å². The third kappa shape index (κ3) is 5.99. The number of fused-ring (bicyclic) bond motifs is 1. The number of piperidine rings is 1. The molecule has 0 bridgehead atoms. The van der Waals surface area contributed by atoms with Crippen molar-refractivity contribution in [2.24, 2.45) is 13.0 Å². The summed E-state index contributed by atoms with van der Waals surface area (Å²) < 4.78 is 1.72. The molecule has 0 aliphatic carbocycles. The largest absolute Gasteiger partial charge is 0.370 e. The molecule has 3 heterocycles.